The molecule has 0 aliphatic rings. The van der Waals surface area contributed by atoms with E-state index in [1.165, 1.54) is 22.8 Å². The summed E-state index contributed by atoms with van der Waals surface area (Å²) in [7, 11) is 0. The molecule has 28 heavy (non-hydrogen) atoms. The van der Waals surface area contributed by atoms with Crippen LogP contribution in [0.25, 0.3) is 22.4 Å². The molecule has 0 spiro atoms. The molecular weight excluding hydrogens is 377 g/mol. The van der Waals surface area contributed by atoms with Crippen LogP contribution in [0.15, 0.2) is 60.9 Å². The van der Waals surface area contributed by atoms with Gasteiger partial charge in [-0.25, -0.2) is 13.8 Å². The van der Waals surface area contributed by atoms with Gasteiger partial charge in [0.15, 0.2) is 18.9 Å². The number of aromatic nitrogens is 3. The first-order valence-corrected chi connectivity index (χ1v) is 8.31. The Bertz CT molecular complexity index is 1160. The van der Waals surface area contributed by atoms with Crippen molar-refractivity contribution in [1.82, 2.24) is 9.97 Å². The summed E-state index contributed by atoms with van der Waals surface area (Å²) in [6.07, 6.45) is -1.59. The molecule has 0 bridgehead atoms. The molecule has 8 heteroatoms. The molecule has 2 aromatic heterocycles. The fourth-order valence-electron chi connectivity index (χ4n) is 3.00. The monoisotopic (exact) mass is 390 g/mol. The number of pyridine rings is 1. The van der Waals surface area contributed by atoms with Crippen molar-refractivity contribution in [3.05, 3.63) is 83.7 Å². The lowest BCUT2D eigenvalue weighted by Crippen LogP contribution is -2.34. The van der Waals surface area contributed by atoms with Gasteiger partial charge in [-0.3, -0.25) is 0 Å². The highest BCUT2D eigenvalue weighted by Crippen LogP contribution is 2.32. The second-order valence-corrected chi connectivity index (χ2v) is 6.26. The van der Waals surface area contributed by atoms with Crippen LogP contribution < -0.4 is 4.57 Å². The van der Waals surface area contributed by atoms with E-state index in [0.29, 0.717) is 28.5 Å². The third kappa shape index (κ3) is 3.33. The standard InChI is InChI=1S/C20H12F5N3/c21-15-7-2-1-5-13(15)19-26-16-8-9-28(11-17(16)27-19)10-12-4-3-6-14(18(12)22)20(23,24)25/h1-9,11H,10H2/p+1. The summed E-state index contributed by atoms with van der Waals surface area (Å²) in [6.45, 7) is -0.0975. The van der Waals surface area contributed by atoms with Gasteiger partial charge < -0.3 is 4.98 Å². The molecule has 3 nitrogen and oxygen atoms in total. The van der Waals surface area contributed by atoms with E-state index in [2.05, 4.69) is 9.97 Å². The summed E-state index contributed by atoms with van der Waals surface area (Å²) in [5.41, 5.74) is 0.0180. The molecule has 0 aliphatic heterocycles. The average Bonchev–Trinajstić information content (AvgIpc) is 3.06. The third-order valence-corrected chi connectivity index (χ3v) is 4.35. The van der Waals surface area contributed by atoms with Crippen molar-refractivity contribution in [2.75, 3.05) is 0 Å². The minimum atomic E-state index is -4.76. The lowest BCUT2D eigenvalue weighted by Gasteiger charge is -2.09. The van der Waals surface area contributed by atoms with E-state index < -0.39 is 23.4 Å². The molecule has 0 radical (unpaired) electrons. The van der Waals surface area contributed by atoms with Crippen LogP contribution in [0.2, 0.25) is 0 Å². The van der Waals surface area contributed by atoms with Crippen LogP contribution in [-0.4, -0.2) is 9.97 Å². The number of H-pyrrole nitrogens is 1. The Morgan fingerprint density at radius 2 is 1.75 bits per heavy atom. The van der Waals surface area contributed by atoms with Gasteiger partial charge in [-0.05, 0) is 24.3 Å². The summed E-state index contributed by atoms with van der Waals surface area (Å²) in [6, 6.07) is 11.0. The maximum absolute atomic E-state index is 14.2. The second kappa shape index (κ2) is 6.70. The number of rotatable bonds is 3. The summed E-state index contributed by atoms with van der Waals surface area (Å²) in [5.74, 6) is -1.39. The van der Waals surface area contributed by atoms with E-state index >= 15 is 0 Å². The SMILES string of the molecule is Fc1ccccc1-c1nc2cc[n+](Cc3cccc(C(F)(F)F)c3F)cc2[nH]1. The van der Waals surface area contributed by atoms with Crippen molar-refractivity contribution in [3.8, 4) is 11.4 Å². The van der Waals surface area contributed by atoms with Gasteiger partial charge >= 0.3 is 6.18 Å². The van der Waals surface area contributed by atoms with Gasteiger partial charge in [-0.15, -0.1) is 0 Å². The van der Waals surface area contributed by atoms with E-state index in [1.54, 1.807) is 36.7 Å². The van der Waals surface area contributed by atoms with Crippen molar-refractivity contribution in [2.24, 2.45) is 0 Å². The van der Waals surface area contributed by atoms with Gasteiger partial charge in [0, 0.05) is 6.07 Å². The first kappa shape index (κ1) is 18.1. The molecule has 2 heterocycles. The van der Waals surface area contributed by atoms with Crippen molar-refractivity contribution in [3.63, 3.8) is 0 Å². The van der Waals surface area contributed by atoms with Crippen LogP contribution in [0.5, 0.6) is 0 Å². The molecule has 0 aliphatic carbocycles. The number of nitrogens with one attached hydrogen (secondary N) is 1. The molecule has 0 fully saturated rings. The Morgan fingerprint density at radius 3 is 2.50 bits per heavy atom. The van der Waals surface area contributed by atoms with Gasteiger partial charge in [0.05, 0.1) is 16.7 Å². The number of imidazole rings is 1. The lowest BCUT2D eigenvalue weighted by atomic mass is 10.1. The van der Waals surface area contributed by atoms with Crippen LogP contribution in [0.3, 0.4) is 0 Å². The van der Waals surface area contributed by atoms with Crippen molar-refractivity contribution >= 4 is 11.0 Å². The third-order valence-electron chi connectivity index (χ3n) is 4.35. The second-order valence-electron chi connectivity index (χ2n) is 6.26. The minimum Gasteiger partial charge on any atom is -0.333 e. The predicted molar refractivity (Wildman–Crippen MR) is 92.2 cm³/mol. The molecule has 4 aromatic rings. The van der Waals surface area contributed by atoms with Crippen molar-refractivity contribution in [2.45, 2.75) is 12.7 Å². The van der Waals surface area contributed by atoms with E-state index in [0.717, 1.165) is 0 Å². The van der Waals surface area contributed by atoms with Crippen LogP contribution in [0.1, 0.15) is 11.1 Å². The predicted octanol–water partition coefficient (Wildman–Crippen LogP) is 4.86. The number of fused-ring (bicyclic) bond motifs is 1. The average molecular weight is 390 g/mol. The minimum absolute atomic E-state index is 0.0898. The summed E-state index contributed by atoms with van der Waals surface area (Å²) >= 11 is 0. The Morgan fingerprint density at radius 1 is 0.964 bits per heavy atom. The highest BCUT2D eigenvalue weighted by molar-refractivity contribution is 5.77. The van der Waals surface area contributed by atoms with E-state index in [-0.39, 0.29) is 12.1 Å². The zero-order chi connectivity index (χ0) is 19.9. The summed E-state index contributed by atoms with van der Waals surface area (Å²) in [4.78, 5) is 7.31. The van der Waals surface area contributed by atoms with Gasteiger partial charge in [0.25, 0.3) is 0 Å². The number of halogens is 5. The maximum Gasteiger partial charge on any atom is 0.419 e. The zero-order valence-corrected chi connectivity index (χ0v) is 14.3. The fourth-order valence-corrected chi connectivity index (χ4v) is 3.00. The van der Waals surface area contributed by atoms with Crippen LogP contribution in [-0.2, 0) is 12.7 Å². The van der Waals surface area contributed by atoms with Crippen LogP contribution in [0, 0.1) is 11.6 Å². The number of aromatic amines is 1. The Kier molecular flexibility index (Phi) is 4.33. The molecule has 0 unspecified atom stereocenters. The first-order chi connectivity index (χ1) is 13.3. The fraction of sp³-hybridized carbons (Fsp3) is 0.100. The van der Waals surface area contributed by atoms with Crippen LogP contribution in [0.4, 0.5) is 22.0 Å². The molecule has 0 saturated heterocycles. The molecule has 4 rings (SSSR count). The van der Waals surface area contributed by atoms with Gasteiger partial charge in [-0.2, -0.15) is 17.7 Å². The highest BCUT2D eigenvalue weighted by atomic mass is 19.4. The highest BCUT2D eigenvalue weighted by Gasteiger charge is 2.35. The quantitative estimate of drug-likeness (QED) is 0.393. The Labute approximate surface area is 156 Å². The molecule has 0 saturated carbocycles. The van der Waals surface area contributed by atoms with Crippen molar-refractivity contribution < 1.29 is 26.5 Å². The van der Waals surface area contributed by atoms with Crippen LogP contribution >= 0.6 is 0 Å². The molecular formula is C20H13F5N3+. The van der Waals surface area contributed by atoms with E-state index in [4.69, 9.17) is 0 Å². The zero-order valence-electron chi connectivity index (χ0n) is 14.3. The normalized spacial score (nSPS) is 11.9. The molecule has 1 N–H and O–H groups in total. The summed E-state index contributed by atoms with van der Waals surface area (Å²) < 4.78 is 68.4. The smallest absolute Gasteiger partial charge is 0.333 e. The maximum atomic E-state index is 14.2. The number of hydrogen-bond acceptors (Lipinski definition) is 1. The number of nitrogens with zero attached hydrogens (tertiary/aromatic N) is 2. The van der Waals surface area contributed by atoms with Gasteiger partial charge in [0.2, 0.25) is 0 Å². The lowest BCUT2D eigenvalue weighted by molar-refractivity contribution is -0.687. The molecule has 2 aromatic carbocycles. The number of hydrogen-bond donors (Lipinski definition) is 1. The van der Waals surface area contributed by atoms with Gasteiger partial charge in [-0.1, -0.05) is 18.2 Å². The van der Waals surface area contributed by atoms with E-state index in [9.17, 15) is 22.0 Å². The number of benzene rings is 2. The first-order valence-electron chi connectivity index (χ1n) is 8.31. The van der Waals surface area contributed by atoms with E-state index in [1.807, 2.05) is 0 Å². The molecule has 0 amide bonds. The summed E-state index contributed by atoms with van der Waals surface area (Å²) in [5, 5.41) is 0. The van der Waals surface area contributed by atoms with Gasteiger partial charge in [0.1, 0.15) is 28.5 Å². The Balaban J connectivity index is 1.69. The molecule has 142 valence electrons. The van der Waals surface area contributed by atoms with Crippen molar-refractivity contribution in [1.29, 1.82) is 0 Å². The number of alkyl halides is 3. The Hall–Kier alpha value is -3.29. The molecule has 0 atom stereocenters. The largest absolute Gasteiger partial charge is 0.419 e. The topological polar surface area (TPSA) is 32.6 Å².